The summed E-state index contributed by atoms with van der Waals surface area (Å²) < 4.78 is 0. The zero-order valence-corrected chi connectivity index (χ0v) is 19.3. The number of aliphatic hydroxyl groups excluding tert-OH is 1. The van der Waals surface area contributed by atoms with Crippen molar-refractivity contribution in [3.8, 4) is 0 Å². The number of Topliss-reactive ketones (excluding diaryl/α,β-unsaturated/α-hetero) is 1. The standard InChI is InChI=1S/C27H42O2/c1-18(2)19(3)8-9-20(4)24-13-14-25-21(7-6-16-27(24,25)5)10-11-22-17-23(28)12-15-26(22)29/h8-11,18-20,23-25,28H,6-7,12-17H2,1-5H3/b9-8+,21-10+,22-11+/t19-,20+,23+,24-,25-,27+/m0/s1. The van der Waals surface area contributed by atoms with Crippen molar-refractivity contribution >= 4 is 5.78 Å². The van der Waals surface area contributed by atoms with Gasteiger partial charge in [0.2, 0.25) is 0 Å². The molecule has 0 unspecified atom stereocenters. The maximum Gasteiger partial charge on any atom is 0.159 e. The molecule has 0 amide bonds. The van der Waals surface area contributed by atoms with Gasteiger partial charge in [-0.1, -0.05) is 64.5 Å². The lowest BCUT2D eigenvalue weighted by molar-refractivity contribution is -0.117. The van der Waals surface area contributed by atoms with Crippen molar-refractivity contribution in [2.45, 2.75) is 92.1 Å². The second-order valence-corrected chi connectivity index (χ2v) is 10.7. The van der Waals surface area contributed by atoms with E-state index in [0.29, 0.717) is 48.3 Å². The number of allylic oxidation sites excluding steroid dienone is 5. The molecule has 0 saturated heterocycles. The molecule has 3 fully saturated rings. The van der Waals surface area contributed by atoms with Gasteiger partial charge >= 0.3 is 0 Å². The van der Waals surface area contributed by atoms with Crippen LogP contribution >= 0.6 is 0 Å². The monoisotopic (exact) mass is 398 g/mol. The van der Waals surface area contributed by atoms with Crippen molar-refractivity contribution in [3.63, 3.8) is 0 Å². The highest BCUT2D eigenvalue weighted by atomic mass is 16.3. The maximum absolute atomic E-state index is 12.2. The SMILES string of the molecule is CC(C)[C@@H](C)/C=C/[C@@H](C)[C@@H]1CC[C@H]2/C(=C/C=C3\C[C@H](O)CCC3=O)CCC[C@@]21C. The molecule has 0 aromatic carbocycles. The molecule has 2 nitrogen and oxygen atoms in total. The van der Waals surface area contributed by atoms with Crippen LogP contribution in [0.4, 0.5) is 0 Å². The molecule has 3 saturated carbocycles. The summed E-state index contributed by atoms with van der Waals surface area (Å²) in [5.74, 6) is 3.59. The molecule has 0 spiro atoms. The minimum atomic E-state index is -0.342. The summed E-state index contributed by atoms with van der Waals surface area (Å²) in [6, 6.07) is 0. The van der Waals surface area contributed by atoms with Crippen LogP contribution in [-0.4, -0.2) is 17.0 Å². The maximum atomic E-state index is 12.2. The summed E-state index contributed by atoms with van der Waals surface area (Å²) in [4.78, 5) is 12.2. The van der Waals surface area contributed by atoms with E-state index in [1.807, 2.05) is 6.08 Å². The van der Waals surface area contributed by atoms with Crippen LogP contribution in [0, 0.1) is 35.0 Å². The highest BCUT2D eigenvalue weighted by molar-refractivity contribution is 5.96. The molecule has 2 heteroatoms. The van der Waals surface area contributed by atoms with Crippen LogP contribution in [0.25, 0.3) is 0 Å². The Labute approximate surface area is 178 Å². The number of carbonyl (C=O) groups excluding carboxylic acids is 1. The average Bonchev–Trinajstić information content (AvgIpc) is 3.04. The van der Waals surface area contributed by atoms with Gasteiger partial charge in [-0.2, -0.15) is 0 Å². The van der Waals surface area contributed by atoms with Crippen LogP contribution in [0.2, 0.25) is 0 Å². The first kappa shape index (κ1) is 22.5. The molecule has 3 aliphatic rings. The second kappa shape index (κ2) is 9.33. The van der Waals surface area contributed by atoms with E-state index in [1.165, 1.54) is 32.1 Å². The predicted octanol–water partition coefficient (Wildman–Crippen LogP) is 6.65. The van der Waals surface area contributed by atoms with Gasteiger partial charge in [-0.25, -0.2) is 0 Å². The minimum Gasteiger partial charge on any atom is -0.393 e. The van der Waals surface area contributed by atoms with Crippen LogP contribution < -0.4 is 0 Å². The Morgan fingerprint density at radius 1 is 1.03 bits per heavy atom. The van der Waals surface area contributed by atoms with Crippen molar-refractivity contribution in [3.05, 3.63) is 35.5 Å². The van der Waals surface area contributed by atoms with Crippen LogP contribution in [0.15, 0.2) is 35.5 Å². The van der Waals surface area contributed by atoms with Crippen molar-refractivity contribution < 1.29 is 9.90 Å². The normalized spacial score (nSPS) is 38.2. The van der Waals surface area contributed by atoms with Crippen molar-refractivity contribution in [1.82, 2.24) is 0 Å². The van der Waals surface area contributed by atoms with E-state index in [9.17, 15) is 9.90 Å². The van der Waals surface area contributed by atoms with E-state index < -0.39 is 0 Å². The van der Waals surface area contributed by atoms with Gasteiger partial charge in [0.25, 0.3) is 0 Å². The molecule has 6 atom stereocenters. The number of fused-ring (bicyclic) bond motifs is 1. The minimum absolute atomic E-state index is 0.230. The van der Waals surface area contributed by atoms with Crippen LogP contribution in [0.1, 0.15) is 86.0 Å². The van der Waals surface area contributed by atoms with Crippen LogP contribution in [0.5, 0.6) is 0 Å². The summed E-state index contributed by atoms with van der Waals surface area (Å²) in [5, 5.41) is 9.92. The molecule has 0 heterocycles. The number of rotatable bonds is 5. The lowest BCUT2D eigenvalue weighted by atomic mass is 9.61. The number of aliphatic hydroxyl groups is 1. The molecular weight excluding hydrogens is 356 g/mol. The van der Waals surface area contributed by atoms with E-state index in [2.05, 4.69) is 52.8 Å². The van der Waals surface area contributed by atoms with Crippen LogP contribution in [-0.2, 0) is 4.79 Å². The summed E-state index contributed by atoms with van der Waals surface area (Å²) in [7, 11) is 0. The molecule has 0 radical (unpaired) electrons. The number of hydrogen-bond donors (Lipinski definition) is 1. The zero-order valence-electron chi connectivity index (χ0n) is 19.3. The second-order valence-electron chi connectivity index (χ2n) is 10.7. The first-order chi connectivity index (χ1) is 13.7. The third-order valence-electron chi connectivity index (χ3n) is 8.46. The summed E-state index contributed by atoms with van der Waals surface area (Å²) in [6.45, 7) is 11.9. The van der Waals surface area contributed by atoms with Crippen molar-refractivity contribution in [2.24, 2.45) is 35.0 Å². The Bertz CT molecular complexity index is 683. The first-order valence-electron chi connectivity index (χ1n) is 12.0. The van der Waals surface area contributed by atoms with Gasteiger partial charge in [0.15, 0.2) is 5.78 Å². The van der Waals surface area contributed by atoms with Crippen molar-refractivity contribution in [2.75, 3.05) is 0 Å². The van der Waals surface area contributed by atoms with Gasteiger partial charge in [-0.05, 0) is 79.1 Å². The van der Waals surface area contributed by atoms with Gasteiger partial charge in [0.05, 0.1) is 6.10 Å². The Morgan fingerprint density at radius 3 is 2.52 bits per heavy atom. The van der Waals surface area contributed by atoms with Gasteiger partial charge < -0.3 is 5.11 Å². The van der Waals surface area contributed by atoms with Gasteiger partial charge in [0, 0.05) is 12.8 Å². The molecule has 0 aliphatic heterocycles. The molecule has 3 aliphatic carbocycles. The summed E-state index contributed by atoms with van der Waals surface area (Å²) >= 11 is 0. The smallest absolute Gasteiger partial charge is 0.159 e. The van der Waals surface area contributed by atoms with Gasteiger partial charge in [-0.3, -0.25) is 4.79 Å². The lowest BCUT2D eigenvalue weighted by Gasteiger charge is -2.44. The quantitative estimate of drug-likeness (QED) is 0.415. The van der Waals surface area contributed by atoms with E-state index in [0.717, 1.165) is 11.5 Å². The lowest BCUT2D eigenvalue weighted by Crippen LogP contribution is -2.35. The first-order valence-corrected chi connectivity index (χ1v) is 12.0. The fourth-order valence-corrected chi connectivity index (χ4v) is 6.15. The Morgan fingerprint density at radius 2 is 1.79 bits per heavy atom. The largest absolute Gasteiger partial charge is 0.393 e. The fourth-order valence-electron chi connectivity index (χ4n) is 6.15. The van der Waals surface area contributed by atoms with Gasteiger partial charge in [0.1, 0.15) is 0 Å². The van der Waals surface area contributed by atoms with E-state index in [-0.39, 0.29) is 11.9 Å². The fraction of sp³-hybridized carbons (Fsp3) is 0.741. The molecule has 0 bridgehead atoms. The number of carbonyl (C=O) groups is 1. The Hall–Kier alpha value is -1.15. The molecule has 3 rings (SSSR count). The highest BCUT2D eigenvalue weighted by Gasteiger charge is 2.50. The van der Waals surface area contributed by atoms with Crippen molar-refractivity contribution in [1.29, 1.82) is 0 Å². The molecule has 0 aromatic rings. The Balaban J connectivity index is 1.75. The summed E-state index contributed by atoms with van der Waals surface area (Å²) in [5.41, 5.74) is 2.76. The molecule has 1 N–H and O–H groups in total. The number of hydrogen-bond acceptors (Lipinski definition) is 2. The van der Waals surface area contributed by atoms with Crippen LogP contribution in [0.3, 0.4) is 0 Å². The topological polar surface area (TPSA) is 37.3 Å². The van der Waals surface area contributed by atoms with E-state index in [4.69, 9.17) is 0 Å². The molecule has 162 valence electrons. The molecule has 0 aromatic heterocycles. The predicted molar refractivity (Wildman–Crippen MR) is 122 cm³/mol. The molecular formula is C27H42O2. The zero-order chi connectivity index (χ0) is 21.2. The average molecular weight is 399 g/mol. The molecule has 29 heavy (non-hydrogen) atoms. The number of ketones is 1. The third-order valence-corrected chi connectivity index (χ3v) is 8.46. The van der Waals surface area contributed by atoms with Gasteiger partial charge in [-0.15, -0.1) is 0 Å². The third kappa shape index (κ3) is 4.95. The van der Waals surface area contributed by atoms with E-state index in [1.54, 1.807) is 5.57 Å². The van der Waals surface area contributed by atoms with E-state index >= 15 is 0 Å². The summed E-state index contributed by atoms with van der Waals surface area (Å²) in [6.07, 6.45) is 16.9. The highest BCUT2D eigenvalue weighted by Crippen LogP contribution is 2.59. The Kier molecular flexibility index (Phi) is 7.25.